The van der Waals surface area contributed by atoms with Crippen molar-refractivity contribution in [3.63, 3.8) is 0 Å². The van der Waals surface area contributed by atoms with E-state index in [1.807, 2.05) is 26.0 Å². The number of hydrogen-bond donors (Lipinski definition) is 2. The maximum Gasteiger partial charge on any atom is 0.337 e. The Morgan fingerprint density at radius 1 is 1.25 bits per heavy atom. The van der Waals surface area contributed by atoms with Gasteiger partial charge in [0.1, 0.15) is 5.82 Å². The van der Waals surface area contributed by atoms with E-state index in [-0.39, 0.29) is 11.3 Å². The highest BCUT2D eigenvalue weighted by Crippen LogP contribution is 2.29. The number of carboxylic acids is 1. The summed E-state index contributed by atoms with van der Waals surface area (Å²) in [4.78, 5) is 11.1. The largest absolute Gasteiger partial charge is 0.478 e. The van der Waals surface area contributed by atoms with Gasteiger partial charge in [-0.15, -0.1) is 0 Å². The van der Waals surface area contributed by atoms with Crippen molar-refractivity contribution in [1.29, 1.82) is 0 Å². The van der Waals surface area contributed by atoms with Crippen LogP contribution in [-0.2, 0) is 0 Å². The van der Waals surface area contributed by atoms with Gasteiger partial charge in [-0.3, -0.25) is 0 Å². The van der Waals surface area contributed by atoms with Crippen LogP contribution in [0.4, 0.5) is 15.8 Å². The van der Waals surface area contributed by atoms with Gasteiger partial charge in [0.15, 0.2) is 0 Å². The summed E-state index contributed by atoms with van der Waals surface area (Å²) >= 11 is 3.45. The van der Waals surface area contributed by atoms with Crippen LogP contribution in [0.2, 0.25) is 0 Å². The van der Waals surface area contributed by atoms with Crippen LogP contribution in [0.15, 0.2) is 34.8 Å². The number of carbonyl (C=O) groups is 1. The van der Waals surface area contributed by atoms with Crippen molar-refractivity contribution < 1.29 is 14.3 Å². The molecule has 0 aliphatic heterocycles. The van der Waals surface area contributed by atoms with Crippen LogP contribution >= 0.6 is 15.9 Å². The third-order valence-corrected chi connectivity index (χ3v) is 4.20. The number of benzene rings is 2. The summed E-state index contributed by atoms with van der Waals surface area (Å²) in [7, 11) is 0. The molecule has 2 aromatic carbocycles. The van der Waals surface area contributed by atoms with Crippen LogP contribution < -0.4 is 5.32 Å². The van der Waals surface area contributed by atoms with E-state index >= 15 is 0 Å². The van der Waals surface area contributed by atoms with Crippen molar-refractivity contribution in [3.8, 4) is 0 Å². The number of nitrogens with one attached hydrogen (secondary N) is 1. The maximum atomic E-state index is 13.8. The first kappa shape index (κ1) is 14.5. The molecule has 3 nitrogen and oxygen atoms in total. The number of aryl methyl sites for hydroxylation is 2. The molecule has 0 radical (unpaired) electrons. The Balaban J connectivity index is 2.47. The molecular formula is C15H13BrFNO2. The molecule has 0 bridgehead atoms. The van der Waals surface area contributed by atoms with E-state index in [0.717, 1.165) is 15.6 Å². The highest BCUT2D eigenvalue weighted by atomic mass is 79.9. The Hall–Kier alpha value is -1.88. The molecule has 0 spiro atoms. The number of para-hydroxylation sites is 1. The minimum atomic E-state index is -1.17. The van der Waals surface area contributed by atoms with E-state index in [2.05, 4.69) is 21.2 Å². The molecule has 104 valence electrons. The van der Waals surface area contributed by atoms with Crippen molar-refractivity contribution in [2.75, 3.05) is 5.32 Å². The molecule has 2 rings (SSSR count). The lowest BCUT2D eigenvalue weighted by Crippen LogP contribution is -2.05. The molecule has 20 heavy (non-hydrogen) atoms. The SMILES string of the molecule is Cc1cc(Nc2c(F)cccc2C(=O)O)cc(C)c1Br. The van der Waals surface area contributed by atoms with Crippen LogP contribution in [0.25, 0.3) is 0 Å². The predicted molar refractivity (Wildman–Crippen MR) is 80.3 cm³/mol. The highest BCUT2D eigenvalue weighted by molar-refractivity contribution is 9.10. The zero-order valence-electron chi connectivity index (χ0n) is 11.0. The molecule has 0 saturated carbocycles. The minimum Gasteiger partial charge on any atom is -0.478 e. The first-order valence-electron chi connectivity index (χ1n) is 5.95. The summed E-state index contributed by atoms with van der Waals surface area (Å²) < 4.78 is 14.8. The molecule has 2 N–H and O–H groups in total. The van der Waals surface area contributed by atoms with E-state index in [1.54, 1.807) is 0 Å². The summed E-state index contributed by atoms with van der Waals surface area (Å²) in [5.41, 5.74) is 2.50. The highest BCUT2D eigenvalue weighted by Gasteiger charge is 2.14. The number of anilines is 2. The van der Waals surface area contributed by atoms with E-state index in [9.17, 15) is 9.18 Å². The number of aromatic carboxylic acids is 1. The van der Waals surface area contributed by atoms with Gasteiger partial charge in [-0.05, 0) is 49.2 Å². The Morgan fingerprint density at radius 3 is 2.40 bits per heavy atom. The normalized spacial score (nSPS) is 10.4. The maximum absolute atomic E-state index is 13.8. The van der Waals surface area contributed by atoms with E-state index in [4.69, 9.17) is 5.11 Å². The second-order valence-corrected chi connectivity index (χ2v) is 5.31. The number of halogens is 2. The molecular weight excluding hydrogens is 325 g/mol. The molecule has 0 amide bonds. The van der Waals surface area contributed by atoms with Crippen molar-refractivity contribution in [2.45, 2.75) is 13.8 Å². The Kier molecular flexibility index (Phi) is 4.09. The van der Waals surface area contributed by atoms with Gasteiger partial charge in [-0.25, -0.2) is 9.18 Å². The standard InChI is InChI=1S/C15H13BrFNO2/c1-8-6-10(7-9(2)13(8)16)18-14-11(15(19)20)4-3-5-12(14)17/h3-7,18H,1-2H3,(H,19,20). The lowest BCUT2D eigenvalue weighted by Gasteiger charge is -2.13. The molecule has 0 fully saturated rings. The fourth-order valence-corrected chi connectivity index (χ4v) is 2.22. The van der Waals surface area contributed by atoms with Gasteiger partial charge in [0.2, 0.25) is 0 Å². The first-order valence-corrected chi connectivity index (χ1v) is 6.75. The Morgan fingerprint density at radius 2 is 1.85 bits per heavy atom. The van der Waals surface area contributed by atoms with Crippen LogP contribution in [0.3, 0.4) is 0 Å². The van der Waals surface area contributed by atoms with Gasteiger partial charge in [-0.2, -0.15) is 0 Å². The fraction of sp³-hybridized carbons (Fsp3) is 0.133. The Bertz CT molecular complexity index is 663. The predicted octanol–water partition coefficient (Wildman–Crippen LogP) is 4.65. The molecule has 0 saturated heterocycles. The van der Waals surface area contributed by atoms with Crippen molar-refractivity contribution in [3.05, 3.63) is 57.3 Å². The smallest absolute Gasteiger partial charge is 0.337 e. The number of hydrogen-bond acceptors (Lipinski definition) is 2. The van der Waals surface area contributed by atoms with Gasteiger partial charge in [-0.1, -0.05) is 22.0 Å². The van der Waals surface area contributed by atoms with Gasteiger partial charge in [0.25, 0.3) is 0 Å². The van der Waals surface area contributed by atoms with E-state index < -0.39 is 11.8 Å². The van der Waals surface area contributed by atoms with Crippen LogP contribution in [0, 0.1) is 19.7 Å². The van der Waals surface area contributed by atoms with Crippen LogP contribution in [0.5, 0.6) is 0 Å². The summed E-state index contributed by atoms with van der Waals surface area (Å²) in [6.45, 7) is 3.84. The average molecular weight is 338 g/mol. The number of carboxylic acid groups (broad SMARTS) is 1. The molecule has 0 atom stereocenters. The molecule has 0 heterocycles. The molecule has 5 heteroatoms. The molecule has 0 aromatic heterocycles. The third kappa shape index (κ3) is 2.82. The summed E-state index contributed by atoms with van der Waals surface area (Å²) in [5.74, 6) is -1.76. The van der Waals surface area contributed by atoms with Crippen molar-refractivity contribution in [2.24, 2.45) is 0 Å². The quantitative estimate of drug-likeness (QED) is 0.857. The topological polar surface area (TPSA) is 49.3 Å². The Labute approximate surface area is 124 Å². The van der Waals surface area contributed by atoms with Crippen molar-refractivity contribution in [1.82, 2.24) is 0 Å². The second-order valence-electron chi connectivity index (χ2n) is 4.52. The second kappa shape index (κ2) is 5.63. The average Bonchev–Trinajstić information content (AvgIpc) is 2.38. The summed E-state index contributed by atoms with van der Waals surface area (Å²) in [6, 6.07) is 7.63. The zero-order valence-corrected chi connectivity index (χ0v) is 12.6. The minimum absolute atomic E-state index is 0.0267. The van der Waals surface area contributed by atoms with Crippen LogP contribution in [-0.4, -0.2) is 11.1 Å². The lowest BCUT2D eigenvalue weighted by molar-refractivity contribution is 0.0697. The molecule has 0 unspecified atom stereocenters. The first-order chi connectivity index (χ1) is 9.40. The molecule has 0 aliphatic carbocycles. The van der Waals surface area contributed by atoms with Gasteiger partial charge in [0.05, 0.1) is 11.3 Å². The third-order valence-electron chi connectivity index (χ3n) is 2.95. The molecule has 2 aromatic rings. The summed E-state index contributed by atoms with van der Waals surface area (Å²) in [6.07, 6.45) is 0. The number of rotatable bonds is 3. The van der Waals surface area contributed by atoms with Gasteiger partial charge in [0, 0.05) is 10.2 Å². The van der Waals surface area contributed by atoms with E-state index in [1.165, 1.54) is 18.2 Å². The van der Waals surface area contributed by atoms with Crippen LogP contribution in [0.1, 0.15) is 21.5 Å². The zero-order chi connectivity index (χ0) is 14.9. The van der Waals surface area contributed by atoms with E-state index in [0.29, 0.717) is 5.69 Å². The summed E-state index contributed by atoms with van der Waals surface area (Å²) in [5, 5.41) is 12.0. The van der Waals surface area contributed by atoms with Gasteiger partial charge >= 0.3 is 5.97 Å². The van der Waals surface area contributed by atoms with Crippen molar-refractivity contribution >= 4 is 33.3 Å². The van der Waals surface area contributed by atoms with Gasteiger partial charge < -0.3 is 10.4 Å². The lowest BCUT2D eigenvalue weighted by atomic mass is 10.1. The molecule has 0 aliphatic rings. The fourth-order valence-electron chi connectivity index (χ4n) is 1.99. The monoisotopic (exact) mass is 337 g/mol.